The largest absolute Gasteiger partial charge is 0.381 e. The number of hydrogen-bond acceptors (Lipinski definition) is 3. The molecule has 1 aliphatic heterocycles. The van der Waals surface area contributed by atoms with Gasteiger partial charge in [0.15, 0.2) is 0 Å². The van der Waals surface area contributed by atoms with Crippen LogP contribution in [0.5, 0.6) is 0 Å². The number of nitrogens with zero attached hydrogens (tertiary/aromatic N) is 1. The average molecular weight is 298 g/mol. The summed E-state index contributed by atoms with van der Waals surface area (Å²) < 4.78 is 5.53. The molecule has 0 aromatic carbocycles. The molecule has 1 aliphatic rings. The van der Waals surface area contributed by atoms with E-state index in [-0.39, 0.29) is 23.9 Å². The minimum absolute atomic E-state index is 0.0116. The first-order valence-corrected chi connectivity index (χ1v) is 8.34. The Morgan fingerprint density at radius 2 is 1.81 bits per heavy atom. The van der Waals surface area contributed by atoms with Crippen LogP contribution in [-0.2, 0) is 14.3 Å². The van der Waals surface area contributed by atoms with Crippen molar-refractivity contribution in [2.24, 2.45) is 0 Å². The normalized spacial score (nSPS) is 22.5. The van der Waals surface area contributed by atoms with Crippen LogP contribution in [-0.4, -0.2) is 48.6 Å². The molecule has 0 aromatic heterocycles. The van der Waals surface area contributed by atoms with Crippen LogP contribution in [0.2, 0.25) is 0 Å². The summed E-state index contributed by atoms with van der Waals surface area (Å²) in [6.45, 7) is 8.14. The zero-order chi connectivity index (χ0) is 15.7. The molecule has 5 nitrogen and oxygen atoms in total. The van der Waals surface area contributed by atoms with Crippen LogP contribution in [0, 0.1) is 0 Å². The van der Waals surface area contributed by atoms with Crippen LogP contribution >= 0.6 is 0 Å². The van der Waals surface area contributed by atoms with Crippen LogP contribution in [0.4, 0.5) is 0 Å². The van der Waals surface area contributed by atoms with Crippen molar-refractivity contribution in [2.45, 2.75) is 71.4 Å². The summed E-state index contributed by atoms with van der Waals surface area (Å²) >= 11 is 0. The fourth-order valence-electron chi connectivity index (χ4n) is 2.67. The number of piperazine rings is 1. The van der Waals surface area contributed by atoms with E-state index >= 15 is 0 Å². The van der Waals surface area contributed by atoms with Crippen molar-refractivity contribution in [3.05, 3.63) is 0 Å². The third-order valence-corrected chi connectivity index (χ3v) is 3.87. The van der Waals surface area contributed by atoms with E-state index in [1.807, 2.05) is 13.8 Å². The Balaban J connectivity index is 2.49. The number of unbranched alkanes of at least 4 members (excludes halogenated alkanes) is 1. The summed E-state index contributed by atoms with van der Waals surface area (Å²) in [6, 6.07) is -0.660. The number of carbonyl (C=O) groups is 2. The van der Waals surface area contributed by atoms with Crippen molar-refractivity contribution in [1.29, 1.82) is 0 Å². The number of rotatable bonds is 10. The number of nitrogens with one attached hydrogen (secondary N) is 1. The molecule has 0 radical (unpaired) electrons. The maximum Gasteiger partial charge on any atom is 0.245 e. The summed E-state index contributed by atoms with van der Waals surface area (Å²) in [4.78, 5) is 26.3. The molecule has 0 aromatic rings. The van der Waals surface area contributed by atoms with Crippen LogP contribution in [0.15, 0.2) is 0 Å². The third kappa shape index (κ3) is 5.30. The highest BCUT2D eigenvalue weighted by Gasteiger charge is 2.38. The minimum atomic E-state index is -0.341. The van der Waals surface area contributed by atoms with Gasteiger partial charge in [0.05, 0.1) is 0 Å². The predicted molar refractivity (Wildman–Crippen MR) is 83.0 cm³/mol. The van der Waals surface area contributed by atoms with Gasteiger partial charge < -0.3 is 15.0 Å². The first-order chi connectivity index (χ1) is 10.2. The molecule has 5 heteroatoms. The van der Waals surface area contributed by atoms with Crippen LogP contribution in [0.3, 0.4) is 0 Å². The van der Waals surface area contributed by atoms with E-state index in [4.69, 9.17) is 4.74 Å². The van der Waals surface area contributed by atoms with E-state index in [1.165, 1.54) is 0 Å². The monoisotopic (exact) mass is 298 g/mol. The van der Waals surface area contributed by atoms with Gasteiger partial charge in [-0.25, -0.2) is 0 Å². The van der Waals surface area contributed by atoms with Gasteiger partial charge in [-0.3, -0.25) is 9.59 Å². The lowest BCUT2D eigenvalue weighted by molar-refractivity contribution is -0.149. The first kappa shape index (κ1) is 18.0. The molecule has 0 spiro atoms. The molecule has 2 unspecified atom stereocenters. The van der Waals surface area contributed by atoms with Gasteiger partial charge in [0, 0.05) is 19.8 Å². The summed E-state index contributed by atoms with van der Waals surface area (Å²) in [7, 11) is 0. The number of hydrogen-bond donors (Lipinski definition) is 1. The number of carbonyl (C=O) groups excluding carboxylic acids is 2. The molecule has 2 amide bonds. The number of ether oxygens (including phenoxy) is 1. The van der Waals surface area contributed by atoms with Gasteiger partial charge in [0.1, 0.15) is 12.1 Å². The van der Waals surface area contributed by atoms with Gasteiger partial charge in [-0.05, 0) is 25.7 Å². The molecule has 1 N–H and O–H groups in total. The molecule has 21 heavy (non-hydrogen) atoms. The lowest BCUT2D eigenvalue weighted by Crippen LogP contribution is -2.63. The van der Waals surface area contributed by atoms with Crippen LogP contribution in [0.1, 0.15) is 59.3 Å². The second-order valence-corrected chi connectivity index (χ2v) is 5.63. The standard InChI is InChI=1S/C16H30N2O3/c1-4-7-11-21-12-8-10-18-14(6-3)15(19)17-13(9-5-2)16(18)20/h13-14H,4-12H2,1-3H3,(H,17,19). The second kappa shape index (κ2) is 9.77. The smallest absolute Gasteiger partial charge is 0.245 e. The summed E-state index contributed by atoms with van der Waals surface area (Å²) in [5, 5.41) is 2.85. The van der Waals surface area contributed by atoms with E-state index in [0.29, 0.717) is 26.0 Å². The van der Waals surface area contributed by atoms with Gasteiger partial charge in [-0.1, -0.05) is 33.6 Å². The highest BCUT2D eigenvalue weighted by molar-refractivity contribution is 5.96. The zero-order valence-corrected chi connectivity index (χ0v) is 13.7. The van der Waals surface area contributed by atoms with Crippen LogP contribution in [0.25, 0.3) is 0 Å². The fourth-order valence-corrected chi connectivity index (χ4v) is 2.67. The quantitative estimate of drug-likeness (QED) is 0.628. The average Bonchev–Trinajstić information content (AvgIpc) is 2.47. The maximum atomic E-state index is 12.5. The SMILES string of the molecule is CCCCOCCCN1C(=O)C(CCC)NC(=O)C1CC. The Morgan fingerprint density at radius 3 is 2.43 bits per heavy atom. The molecule has 0 saturated carbocycles. The van der Waals surface area contributed by atoms with Crippen LogP contribution < -0.4 is 5.32 Å². The van der Waals surface area contributed by atoms with E-state index in [1.54, 1.807) is 4.90 Å². The highest BCUT2D eigenvalue weighted by Crippen LogP contribution is 2.16. The van der Waals surface area contributed by atoms with Crippen molar-refractivity contribution in [3.63, 3.8) is 0 Å². The molecule has 122 valence electrons. The Hall–Kier alpha value is -1.10. The van der Waals surface area contributed by atoms with E-state index in [0.717, 1.165) is 32.3 Å². The van der Waals surface area contributed by atoms with Gasteiger partial charge in [0.25, 0.3) is 0 Å². The van der Waals surface area contributed by atoms with Gasteiger partial charge in [0.2, 0.25) is 11.8 Å². The van der Waals surface area contributed by atoms with E-state index in [2.05, 4.69) is 12.2 Å². The molecular weight excluding hydrogens is 268 g/mol. The summed E-state index contributed by atoms with van der Waals surface area (Å²) in [5.41, 5.74) is 0. The minimum Gasteiger partial charge on any atom is -0.381 e. The molecule has 1 fully saturated rings. The van der Waals surface area contributed by atoms with Gasteiger partial charge >= 0.3 is 0 Å². The predicted octanol–water partition coefficient (Wildman–Crippen LogP) is 2.10. The lowest BCUT2D eigenvalue weighted by atomic mass is 10.0. The van der Waals surface area contributed by atoms with Crippen molar-refractivity contribution in [2.75, 3.05) is 19.8 Å². The topological polar surface area (TPSA) is 58.6 Å². The van der Waals surface area contributed by atoms with E-state index in [9.17, 15) is 9.59 Å². The maximum absolute atomic E-state index is 12.5. The van der Waals surface area contributed by atoms with Crippen molar-refractivity contribution >= 4 is 11.8 Å². The third-order valence-electron chi connectivity index (χ3n) is 3.87. The Labute approximate surface area is 128 Å². The summed E-state index contributed by atoms with van der Waals surface area (Å²) in [6.07, 6.45) is 5.25. The molecule has 0 bridgehead atoms. The molecule has 1 saturated heterocycles. The van der Waals surface area contributed by atoms with Gasteiger partial charge in [-0.15, -0.1) is 0 Å². The Morgan fingerprint density at radius 1 is 1.10 bits per heavy atom. The fraction of sp³-hybridized carbons (Fsp3) is 0.875. The molecule has 0 aliphatic carbocycles. The Bertz CT molecular complexity index is 333. The van der Waals surface area contributed by atoms with Crippen molar-refractivity contribution < 1.29 is 14.3 Å². The van der Waals surface area contributed by atoms with Gasteiger partial charge in [-0.2, -0.15) is 0 Å². The van der Waals surface area contributed by atoms with Crippen molar-refractivity contribution in [1.82, 2.24) is 10.2 Å². The second-order valence-electron chi connectivity index (χ2n) is 5.63. The molecule has 1 heterocycles. The Kier molecular flexibility index (Phi) is 8.35. The lowest BCUT2D eigenvalue weighted by Gasteiger charge is -2.38. The summed E-state index contributed by atoms with van der Waals surface area (Å²) in [5.74, 6) is 0.0549. The zero-order valence-electron chi connectivity index (χ0n) is 13.7. The first-order valence-electron chi connectivity index (χ1n) is 8.34. The molecule has 1 rings (SSSR count). The molecule has 2 atom stereocenters. The highest BCUT2D eigenvalue weighted by atomic mass is 16.5. The van der Waals surface area contributed by atoms with Crippen molar-refractivity contribution in [3.8, 4) is 0 Å². The molecular formula is C16H30N2O3. The van der Waals surface area contributed by atoms with E-state index < -0.39 is 0 Å². The number of amides is 2.